The summed E-state index contributed by atoms with van der Waals surface area (Å²) < 4.78 is 0. The Morgan fingerprint density at radius 2 is 1.90 bits per heavy atom. The molecule has 8 atom stereocenters. The van der Waals surface area contributed by atoms with Gasteiger partial charge in [0, 0.05) is 24.2 Å². The van der Waals surface area contributed by atoms with Crippen molar-refractivity contribution in [2.24, 2.45) is 57.6 Å². The van der Waals surface area contributed by atoms with Crippen molar-refractivity contribution in [3.63, 3.8) is 0 Å². The Morgan fingerprint density at radius 1 is 1.06 bits per heavy atom. The van der Waals surface area contributed by atoms with Crippen LogP contribution < -0.4 is 5.73 Å². The van der Waals surface area contributed by atoms with E-state index in [1.54, 1.807) is 11.3 Å². The van der Waals surface area contributed by atoms with Crippen molar-refractivity contribution in [1.82, 2.24) is 0 Å². The molecule has 172 valence electrons. The van der Waals surface area contributed by atoms with Gasteiger partial charge in [-0.3, -0.25) is 4.99 Å². The lowest BCUT2D eigenvalue weighted by atomic mass is 9.57. The van der Waals surface area contributed by atoms with Gasteiger partial charge in [-0.25, -0.2) is 0 Å². The number of nitrogens with zero attached hydrogens (tertiary/aromatic N) is 1. The zero-order valence-electron chi connectivity index (χ0n) is 20.6. The van der Waals surface area contributed by atoms with Gasteiger partial charge in [0.1, 0.15) is 0 Å². The monoisotopic (exact) mass is 422 g/mol. The first-order valence-corrected chi connectivity index (χ1v) is 13.5. The summed E-state index contributed by atoms with van der Waals surface area (Å²) in [7, 11) is 0. The van der Waals surface area contributed by atoms with Crippen molar-refractivity contribution in [2.45, 2.75) is 97.9 Å². The molecule has 0 aromatic heterocycles. The molecule has 2 fully saturated rings. The fourth-order valence-corrected chi connectivity index (χ4v) is 8.75. The maximum Gasteiger partial charge on any atom is 0.0395 e. The average molecular weight is 423 g/mol. The predicted octanol–water partition coefficient (Wildman–Crippen LogP) is 6.96. The summed E-state index contributed by atoms with van der Waals surface area (Å²) in [4.78, 5) is 4.99. The molecule has 0 aromatic rings. The molecule has 0 radical (unpaired) electrons. The number of fused-ring (bicyclic) bond motifs is 4. The van der Waals surface area contributed by atoms with E-state index in [0.29, 0.717) is 11.5 Å². The van der Waals surface area contributed by atoms with Gasteiger partial charge >= 0.3 is 0 Å². The van der Waals surface area contributed by atoms with E-state index in [4.69, 9.17) is 10.7 Å². The van der Waals surface area contributed by atoms with Crippen molar-refractivity contribution < 1.29 is 0 Å². The fraction of sp³-hybridized carbons (Fsp3) is 0.828. The molecule has 2 saturated carbocycles. The molecule has 2 nitrogen and oxygen atoms in total. The van der Waals surface area contributed by atoms with Gasteiger partial charge < -0.3 is 5.73 Å². The van der Waals surface area contributed by atoms with Gasteiger partial charge in [-0.1, -0.05) is 51.0 Å². The second-order valence-corrected chi connectivity index (χ2v) is 12.5. The number of nitrogens with two attached hydrogens (primary N) is 1. The van der Waals surface area contributed by atoms with Crippen LogP contribution in [0.15, 0.2) is 28.3 Å². The number of hydrogen-bond acceptors (Lipinski definition) is 2. The van der Waals surface area contributed by atoms with E-state index in [1.165, 1.54) is 57.8 Å². The summed E-state index contributed by atoms with van der Waals surface area (Å²) in [5.74, 6) is 5.53. The lowest BCUT2D eigenvalue weighted by Gasteiger charge is -2.47. The molecule has 2 N–H and O–H groups in total. The van der Waals surface area contributed by atoms with Crippen molar-refractivity contribution in [3.05, 3.63) is 23.3 Å². The summed E-state index contributed by atoms with van der Waals surface area (Å²) >= 11 is 0. The average Bonchev–Trinajstić information content (AvgIpc) is 3.28. The van der Waals surface area contributed by atoms with Crippen molar-refractivity contribution >= 4 is 5.71 Å². The standard InChI is InChI=1S/C29H46N2/c1-18(2)24-12-14-31-28(24)15-19(3)26-9-10-27-25-8-6-21-17-23(30)7-5-20(21)16-22(25)11-13-29(26,27)4/h5,8,18-19,21-24,26-27H,6-7,9-17,30H2,1-4H3/t19-,21+,22-,23-,24-,26-,27+,29-/m1/s1. The van der Waals surface area contributed by atoms with Crippen molar-refractivity contribution in [3.8, 4) is 0 Å². The second kappa shape index (κ2) is 8.47. The molecule has 0 amide bonds. The van der Waals surface area contributed by atoms with Crippen LogP contribution in [0.5, 0.6) is 0 Å². The molecule has 0 aromatic carbocycles. The molecule has 4 aliphatic carbocycles. The molecule has 0 spiro atoms. The topological polar surface area (TPSA) is 38.4 Å². The first-order valence-electron chi connectivity index (χ1n) is 13.5. The summed E-state index contributed by atoms with van der Waals surface area (Å²) in [6.45, 7) is 11.1. The van der Waals surface area contributed by atoms with Crippen LogP contribution in [-0.2, 0) is 0 Å². The van der Waals surface area contributed by atoms with E-state index in [2.05, 4.69) is 39.8 Å². The lowest BCUT2D eigenvalue weighted by molar-refractivity contribution is 0.0837. The van der Waals surface area contributed by atoms with Gasteiger partial charge in [-0.05, 0) is 105 Å². The Hall–Kier alpha value is -0.890. The third-order valence-electron chi connectivity index (χ3n) is 10.4. The first kappa shape index (κ1) is 21.9. The van der Waals surface area contributed by atoms with Gasteiger partial charge in [0.25, 0.3) is 0 Å². The Morgan fingerprint density at radius 3 is 2.71 bits per heavy atom. The van der Waals surface area contributed by atoms with Gasteiger partial charge in [0.15, 0.2) is 0 Å². The highest BCUT2D eigenvalue weighted by molar-refractivity contribution is 5.88. The molecular weight excluding hydrogens is 376 g/mol. The Balaban J connectivity index is 1.32. The number of allylic oxidation sites excluding steroid dienone is 3. The van der Waals surface area contributed by atoms with E-state index in [-0.39, 0.29) is 0 Å². The highest BCUT2D eigenvalue weighted by Crippen LogP contribution is 2.62. The molecule has 1 heterocycles. The Labute approximate surface area is 191 Å². The zero-order chi connectivity index (χ0) is 21.8. The van der Waals surface area contributed by atoms with E-state index < -0.39 is 0 Å². The minimum atomic E-state index is 0.391. The summed E-state index contributed by atoms with van der Waals surface area (Å²) in [5, 5.41) is 0. The minimum Gasteiger partial charge on any atom is -0.327 e. The Kier molecular flexibility index (Phi) is 5.99. The van der Waals surface area contributed by atoms with Crippen LogP contribution in [0.25, 0.3) is 0 Å². The molecule has 5 rings (SSSR count). The van der Waals surface area contributed by atoms with Crippen LogP contribution in [0.2, 0.25) is 0 Å². The SMILES string of the molecule is CC(C)[C@H]1CCN=C1C[C@@H](C)[C@H]1CC[C@H]2C3=CC[C@H]4C[C@H](N)CC=C4C[C@H]3CC[C@]12C. The third kappa shape index (κ3) is 3.90. The largest absolute Gasteiger partial charge is 0.327 e. The highest BCUT2D eigenvalue weighted by Gasteiger charge is 2.53. The van der Waals surface area contributed by atoms with Crippen molar-refractivity contribution in [2.75, 3.05) is 6.54 Å². The Bertz CT molecular complexity index is 774. The van der Waals surface area contributed by atoms with E-state index in [9.17, 15) is 0 Å². The van der Waals surface area contributed by atoms with Crippen LogP contribution in [0.3, 0.4) is 0 Å². The molecule has 31 heavy (non-hydrogen) atoms. The van der Waals surface area contributed by atoms with E-state index in [1.807, 2.05) is 5.57 Å². The number of hydrogen-bond donors (Lipinski definition) is 1. The summed E-state index contributed by atoms with van der Waals surface area (Å²) in [5.41, 5.74) is 12.0. The maximum atomic E-state index is 6.32. The number of aliphatic imine (C=N–C) groups is 1. The third-order valence-corrected chi connectivity index (χ3v) is 10.4. The summed E-state index contributed by atoms with van der Waals surface area (Å²) in [6, 6.07) is 0.391. The van der Waals surface area contributed by atoms with Crippen LogP contribution in [0, 0.1) is 46.8 Å². The quantitative estimate of drug-likeness (QED) is 0.489. The molecule has 0 unspecified atom stereocenters. The van der Waals surface area contributed by atoms with Gasteiger partial charge in [0.2, 0.25) is 0 Å². The van der Waals surface area contributed by atoms with Gasteiger partial charge in [-0.15, -0.1) is 0 Å². The molecular formula is C29H46N2. The van der Waals surface area contributed by atoms with Crippen LogP contribution in [0.4, 0.5) is 0 Å². The summed E-state index contributed by atoms with van der Waals surface area (Å²) in [6.07, 6.45) is 18.4. The van der Waals surface area contributed by atoms with Crippen LogP contribution >= 0.6 is 0 Å². The fourth-order valence-electron chi connectivity index (χ4n) is 8.75. The highest BCUT2D eigenvalue weighted by atomic mass is 14.8. The van der Waals surface area contributed by atoms with Crippen molar-refractivity contribution in [1.29, 1.82) is 0 Å². The smallest absolute Gasteiger partial charge is 0.0395 e. The van der Waals surface area contributed by atoms with E-state index >= 15 is 0 Å². The normalized spacial score (nSPS) is 43.4. The molecule has 2 heteroatoms. The second-order valence-electron chi connectivity index (χ2n) is 12.5. The maximum absolute atomic E-state index is 6.32. The van der Waals surface area contributed by atoms with Gasteiger partial charge in [0.05, 0.1) is 0 Å². The molecule has 1 aliphatic heterocycles. The van der Waals surface area contributed by atoms with Crippen LogP contribution in [0.1, 0.15) is 91.9 Å². The number of rotatable bonds is 4. The van der Waals surface area contributed by atoms with Crippen LogP contribution in [-0.4, -0.2) is 18.3 Å². The zero-order valence-corrected chi connectivity index (χ0v) is 20.6. The molecule has 0 bridgehead atoms. The van der Waals surface area contributed by atoms with Gasteiger partial charge in [-0.2, -0.15) is 0 Å². The lowest BCUT2D eigenvalue weighted by Crippen LogP contribution is -2.39. The minimum absolute atomic E-state index is 0.391. The molecule has 0 saturated heterocycles. The van der Waals surface area contributed by atoms with E-state index in [0.717, 1.165) is 54.4 Å². The predicted molar refractivity (Wildman–Crippen MR) is 132 cm³/mol. The first-order chi connectivity index (χ1) is 14.9. The molecule has 5 aliphatic rings.